The van der Waals surface area contributed by atoms with Gasteiger partial charge in [-0.05, 0) is 31.5 Å². The highest BCUT2D eigenvalue weighted by molar-refractivity contribution is 6.29. The summed E-state index contributed by atoms with van der Waals surface area (Å²) in [6.45, 7) is 0.721. The topological polar surface area (TPSA) is 68.0 Å². The first kappa shape index (κ1) is 13.9. The van der Waals surface area contributed by atoms with E-state index >= 15 is 0 Å². The quantitative estimate of drug-likeness (QED) is 0.581. The third kappa shape index (κ3) is 6.24. The van der Waals surface area contributed by atoms with Crippen molar-refractivity contribution in [2.24, 2.45) is 5.73 Å². The number of nitrogens with two attached hydrogens (primary N) is 1. The van der Waals surface area contributed by atoms with E-state index in [1.165, 1.54) is 0 Å². The lowest BCUT2D eigenvalue weighted by atomic mass is 10.1. The van der Waals surface area contributed by atoms with Crippen molar-refractivity contribution in [3.05, 3.63) is 23.4 Å². The Labute approximate surface area is 107 Å². The zero-order valence-corrected chi connectivity index (χ0v) is 10.5. The van der Waals surface area contributed by atoms with Crippen molar-refractivity contribution in [3.63, 3.8) is 0 Å². The highest BCUT2D eigenvalue weighted by atomic mass is 35.5. The summed E-state index contributed by atoms with van der Waals surface area (Å²) in [7, 11) is 0. The summed E-state index contributed by atoms with van der Waals surface area (Å²) in [5.74, 6) is 0.483. The first-order valence-corrected chi connectivity index (χ1v) is 6.22. The van der Waals surface area contributed by atoms with Crippen molar-refractivity contribution in [1.29, 1.82) is 0 Å². The van der Waals surface area contributed by atoms with E-state index in [9.17, 15) is 4.79 Å². The smallest absolute Gasteiger partial charge is 0.225 e. The molecule has 1 aromatic heterocycles. The highest BCUT2D eigenvalue weighted by Crippen LogP contribution is 2.10. The van der Waals surface area contributed by atoms with Crippen molar-refractivity contribution in [2.45, 2.75) is 32.1 Å². The van der Waals surface area contributed by atoms with Crippen LogP contribution in [0.25, 0.3) is 0 Å². The zero-order chi connectivity index (χ0) is 12.5. The molecule has 1 rings (SSSR count). The van der Waals surface area contributed by atoms with Crippen molar-refractivity contribution >= 4 is 23.3 Å². The molecule has 3 N–H and O–H groups in total. The second-order valence-corrected chi connectivity index (χ2v) is 4.23. The minimum absolute atomic E-state index is 0.0208. The number of amides is 1. The number of anilines is 1. The summed E-state index contributed by atoms with van der Waals surface area (Å²) in [5.41, 5.74) is 5.39. The molecule has 0 bridgehead atoms. The molecule has 1 heterocycles. The van der Waals surface area contributed by atoms with E-state index in [-0.39, 0.29) is 5.91 Å². The molecule has 0 aliphatic heterocycles. The fraction of sp³-hybridized carbons (Fsp3) is 0.500. The first-order valence-electron chi connectivity index (χ1n) is 5.85. The Balaban J connectivity index is 2.21. The fourth-order valence-corrected chi connectivity index (χ4v) is 1.63. The summed E-state index contributed by atoms with van der Waals surface area (Å²) in [5, 5.41) is 3.09. The Morgan fingerprint density at radius 1 is 1.29 bits per heavy atom. The van der Waals surface area contributed by atoms with E-state index in [2.05, 4.69) is 10.3 Å². The number of hydrogen-bond acceptors (Lipinski definition) is 3. The molecule has 4 nitrogen and oxygen atoms in total. The van der Waals surface area contributed by atoms with Gasteiger partial charge in [-0.15, -0.1) is 0 Å². The fourth-order valence-electron chi connectivity index (χ4n) is 1.47. The van der Waals surface area contributed by atoms with Gasteiger partial charge in [0.05, 0.1) is 0 Å². The van der Waals surface area contributed by atoms with E-state index in [0.29, 0.717) is 17.4 Å². The molecule has 0 aliphatic rings. The van der Waals surface area contributed by atoms with Gasteiger partial charge in [-0.25, -0.2) is 4.98 Å². The second-order valence-electron chi connectivity index (χ2n) is 3.85. The monoisotopic (exact) mass is 255 g/mol. The Kier molecular flexibility index (Phi) is 6.58. The molecule has 0 unspecified atom stereocenters. The summed E-state index contributed by atoms with van der Waals surface area (Å²) in [4.78, 5) is 15.5. The number of nitrogens with one attached hydrogen (secondary N) is 1. The lowest BCUT2D eigenvalue weighted by Crippen LogP contribution is -2.12. The average molecular weight is 256 g/mol. The van der Waals surface area contributed by atoms with Crippen molar-refractivity contribution in [2.75, 3.05) is 11.9 Å². The average Bonchev–Trinajstić information content (AvgIpc) is 2.29. The van der Waals surface area contributed by atoms with E-state index in [0.717, 1.165) is 32.2 Å². The van der Waals surface area contributed by atoms with Crippen LogP contribution in [0.5, 0.6) is 0 Å². The number of aromatic nitrogens is 1. The van der Waals surface area contributed by atoms with Crippen LogP contribution in [-0.2, 0) is 4.79 Å². The molecule has 5 heteroatoms. The molecule has 0 fully saturated rings. The van der Waals surface area contributed by atoms with Gasteiger partial charge in [0.1, 0.15) is 11.0 Å². The molecular weight excluding hydrogens is 238 g/mol. The Bertz CT molecular complexity index is 357. The summed E-state index contributed by atoms with van der Waals surface area (Å²) < 4.78 is 0. The van der Waals surface area contributed by atoms with Gasteiger partial charge in [-0.2, -0.15) is 0 Å². The molecule has 1 amide bonds. The molecule has 0 atom stereocenters. The van der Waals surface area contributed by atoms with Gasteiger partial charge in [0.15, 0.2) is 0 Å². The molecule has 0 aliphatic carbocycles. The van der Waals surface area contributed by atoms with Crippen LogP contribution in [0.2, 0.25) is 5.15 Å². The van der Waals surface area contributed by atoms with Crippen LogP contribution in [0.1, 0.15) is 32.1 Å². The molecule has 0 radical (unpaired) electrons. The molecule has 94 valence electrons. The number of unbranched alkanes of at least 4 members (excludes halogenated alkanes) is 3. The van der Waals surface area contributed by atoms with Crippen molar-refractivity contribution < 1.29 is 4.79 Å². The minimum Gasteiger partial charge on any atom is -0.330 e. The standard InChI is InChI=1S/C12H18ClN3O/c13-10-6-5-7-11(15-10)16-12(17)8-3-1-2-4-9-14/h5-7H,1-4,8-9,14H2,(H,15,16,17). The van der Waals surface area contributed by atoms with Gasteiger partial charge >= 0.3 is 0 Å². The summed E-state index contributed by atoms with van der Waals surface area (Å²) in [6, 6.07) is 5.15. The van der Waals surface area contributed by atoms with E-state index < -0.39 is 0 Å². The van der Waals surface area contributed by atoms with E-state index in [1.807, 2.05) is 0 Å². The number of hydrogen-bond donors (Lipinski definition) is 2. The van der Waals surface area contributed by atoms with Crippen molar-refractivity contribution in [3.8, 4) is 0 Å². The van der Waals surface area contributed by atoms with Crippen LogP contribution in [0.4, 0.5) is 5.82 Å². The SMILES string of the molecule is NCCCCCCC(=O)Nc1cccc(Cl)n1. The Hall–Kier alpha value is -1.13. The van der Waals surface area contributed by atoms with Crippen LogP contribution >= 0.6 is 11.6 Å². The van der Waals surface area contributed by atoms with Gasteiger partial charge in [-0.1, -0.05) is 30.5 Å². The Morgan fingerprint density at radius 2 is 2.06 bits per heavy atom. The third-order valence-corrected chi connectivity index (χ3v) is 2.55. The first-order chi connectivity index (χ1) is 8.22. The van der Waals surface area contributed by atoms with E-state index in [1.54, 1.807) is 18.2 Å². The van der Waals surface area contributed by atoms with Gasteiger partial charge in [0.2, 0.25) is 5.91 Å². The zero-order valence-electron chi connectivity index (χ0n) is 9.79. The second kappa shape index (κ2) is 8.03. The number of carbonyl (C=O) groups excluding carboxylic acids is 1. The number of rotatable bonds is 7. The molecule has 0 spiro atoms. The summed E-state index contributed by atoms with van der Waals surface area (Å²) in [6.07, 6.45) is 4.54. The maximum atomic E-state index is 11.5. The normalized spacial score (nSPS) is 10.2. The predicted molar refractivity (Wildman–Crippen MR) is 70.0 cm³/mol. The Morgan fingerprint density at radius 3 is 2.76 bits per heavy atom. The van der Waals surface area contributed by atoms with Gasteiger partial charge in [-0.3, -0.25) is 4.79 Å². The largest absolute Gasteiger partial charge is 0.330 e. The highest BCUT2D eigenvalue weighted by Gasteiger charge is 2.03. The lowest BCUT2D eigenvalue weighted by molar-refractivity contribution is -0.116. The summed E-state index contributed by atoms with van der Waals surface area (Å²) >= 11 is 5.72. The maximum Gasteiger partial charge on any atom is 0.225 e. The van der Waals surface area contributed by atoms with Gasteiger partial charge in [0, 0.05) is 6.42 Å². The van der Waals surface area contributed by atoms with Crippen LogP contribution < -0.4 is 11.1 Å². The maximum absolute atomic E-state index is 11.5. The van der Waals surface area contributed by atoms with Crippen LogP contribution in [0, 0.1) is 0 Å². The van der Waals surface area contributed by atoms with Crippen LogP contribution in [0.15, 0.2) is 18.2 Å². The van der Waals surface area contributed by atoms with Crippen molar-refractivity contribution in [1.82, 2.24) is 4.98 Å². The van der Waals surface area contributed by atoms with Gasteiger partial charge in [0.25, 0.3) is 0 Å². The molecule has 1 aromatic rings. The predicted octanol–water partition coefficient (Wildman–Crippen LogP) is 2.58. The molecule has 0 saturated carbocycles. The number of pyridine rings is 1. The minimum atomic E-state index is -0.0208. The molecule has 17 heavy (non-hydrogen) atoms. The number of carbonyl (C=O) groups is 1. The lowest BCUT2D eigenvalue weighted by Gasteiger charge is -2.04. The van der Waals surface area contributed by atoms with Crippen LogP contribution in [-0.4, -0.2) is 17.4 Å². The molecule has 0 saturated heterocycles. The number of halogens is 1. The van der Waals surface area contributed by atoms with Gasteiger partial charge < -0.3 is 11.1 Å². The third-order valence-electron chi connectivity index (χ3n) is 2.34. The van der Waals surface area contributed by atoms with E-state index in [4.69, 9.17) is 17.3 Å². The molecular formula is C12H18ClN3O. The molecule has 0 aromatic carbocycles. The van der Waals surface area contributed by atoms with Crippen LogP contribution in [0.3, 0.4) is 0 Å². The number of nitrogens with zero attached hydrogens (tertiary/aromatic N) is 1.